The average Bonchev–Trinajstić information content (AvgIpc) is 2.61. The predicted octanol–water partition coefficient (Wildman–Crippen LogP) is -0.330. The van der Waals surface area contributed by atoms with Crippen LogP contribution in [0.15, 0.2) is 11.0 Å². The molecular weight excluding hydrogens is 279 g/mol. The van der Waals surface area contributed by atoms with E-state index < -0.39 is 36.7 Å². The second-order valence-corrected chi connectivity index (χ2v) is 4.15. The van der Waals surface area contributed by atoms with E-state index in [2.05, 4.69) is 15.6 Å². The molecule has 1 fully saturated rings. The third-order valence-electron chi connectivity index (χ3n) is 2.93. The normalized spacial score (nSPS) is 28.2. The van der Waals surface area contributed by atoms with Gasteiger partial charge in [-0.1, -0.05) is 5.92 Å². The zero-order chi connectivity index (χ0) is 15.1. The summed E-state index contributed by atoms with van der Waals surface area (Å²) in [5, 5.41) is 8.77. The number of rotatable bonds is 2. The fraction of sp³-hybridized carbons (Fsp3) is 0.455. The van der Waals surface area contributed by atoms with E-state index in [0.29, 0.717) is 4.57 Å². The van der Waals surface area contributed by atoms with Gasteiger partial charge in [0.1, 0.15) is 11.9 Å². The Morgan fingerprint density at radius 1 is 1.65 bits per heavy atom. The highest BCUT2D eigenvalue weighted by atomic mass is 19.3. The summed E-state index contributed by atoms with van der Waals surface area (Å²) in [5.41, 5.74) is 4.21. The molecule has 1 aliphatic rings. The van der Waals surface area contributed by atoms with Gasteiger partial charge in [0.2, 0.25) is 6.17 Å². The van der Waals surface area contributed by atoms with Crippen LogP contribution in [0, 0.1) is 12.3 Å². The van der Waals surface area contributed by atoms with Gasteiger partial charge in [0.15, 0.2) is 6.23 Å². The number of aliphatic hydroxyl groups excluding tert-OH is 1. The maximum atomic E-state index is 13.7. The van der Waals surface area contributed by atoms with E-state index in [1.54, 1.807) is 0 Å². The highest BCUT2D eigenvalue weighted by Crippen LogP contribution is 2.42. The zero-order valence-electron chi connectivity index (χ0n) is 9.96. The van der Waals surface area contributed by atoms with Gasteiger partial charge in [-0.25, -0.2) is 18.0 Å². The average molecular weight is 289 g/mol. The molecule has 1 aromatic rings. The number of nitrogens with zero attached hydrogens (tertiary/aromatic N) is 2. The van der Waals surface area contributed by atoms with Crippen molar-refractivity contribution in [2.75, 3.05) is 12.3 Å². The third kappa shape index (κ3) is 2.03. The molecule has 108 valence electrons. The first kappa shape index (κ1) is 14.4. The van der Waals surface area contributed by atoms with Crippen LogP contribution in [0.4, 0.5) is 19.0 Å². The molecule has 3 N–H and O–H groups in total. The molecule has 6 nitrogen and oxygen atoms in total. The third-order valence-corrected chi connectivity index (χ3v) is 2.93. The SMILES string of the molecule is C#Cc1cn(C2OC(CO)C(F)(F)C2F)c(=O)nc1N. The van der Waals surface area contributed by atoms with Gasteiger partial charge in [0, 0.05) is 6.20 Å². The predicted molar refractivity (Wildman–Crippen MR) is 61.7 cm³/mol. The van der Waals surface area contributed by atoms with Gasteiger partial charge in [-0.3, -0.25) is 4.57 Å². The van der Waals surface area contributed by atoms with Crippen LogP contribution in [-0.4, -0.2) is 39.5 Å². The van der Waals surface area contributed by atoms with Crippen molar-refractivity contribution in [1.82, 2.24) is 9.55 Å². The van der Waals surface area contributed by atoms with Crippen molar-refractivity contribution >= 4 is 5.82 Å². The van der Waals surface area contributed by atoms with Gasteiger partial charge in [-0.05, 0) is 0 Å². The number of hydrogen-bond acceptors (Lipinski definition) is 5. The molecule has 0 aliphatic carbocycles. The van der Waals surface area contributed by atoms with Gasteiger partial charge < -0.3 is 15.6 Å². The number of nitrogen functional groups attached to an aromatic ring is 1. The van der Waals surface area contributed by atoms with Gasteiger partial charge in [-0.15, -0.1) is 6.42 Å². The molecule has 0 spiro atoms. The van der Waals surface area contributed by atoms with Gasteiger partial charge in [0.05, 0.1) is 12.2 Å². The minimum absolute atomic E-state index is 0.0591. The topological polar surface area (TPSA) is 90.4 Å². The van der Waals surface area contributed by atoms with E-state index in [4.69, 9.17) is 17.3 Å². The first-order valence-electron chi connectivity index (χ1n) is 5.46. The monoisotopic (exact) mass is 289 g/mol. The summed E-state index contributed by atoms with van der Waals surface area (Å²) in [6.45, 7) is -1.09. The van der Waals surface area contributed by atoms with E-state index in [-0.39, 0.29) is 11.4 Å². The molecule has 1 saturated heterocycles. The summed E-state index contributed by atoms with van der Waals surface area (Å²) >= 11 is 0. The molecule has 1 aromatic heterocycles. The largest absolute Gasteiger partial charge is 0.393 e. The van der Waals surface area contributed by atoms with Crippen LogP contribution < -0.4 is 11.4 Å². The number of anilines is 1. The Morgan fingerprint density at radius 3 is 2.80 bits per heavy atom. The van der Waals surface area contributed by atoms with Crippen LogP contribution in [0.2, 0.25) is 0 Å². The number of aromatic nitrogens is 2. The van der Waals surface area contributed by atoms with Crippen LogP contribution in [0.1, 0.15) is 11.8 Å². The van der Waals surface area contributed by atoms with Crippen LogP contribution in [0.25, 0.3) is 0 Å². The molecule has 20 heavy (non-hydrogen) atoms. The highest BCUT2D eigenvalue weighted by Gasteiger charge is 2.60. The molecule has 9 heteroatoms. The Balaban J connectivity index is 2.49. The molecule has 0 radical (unpaired) electrons. The quantitative estimate of drug-likeness (QED) is 0.728. The first-order valence-corrected chi connectivity index (χ1v) is 5.46. The van der Waals surface area contributed by atoms with Crippen LogP contribution in [0.3, 0.4) is 0 Å². The first-order chi connectivity index (χ1) is 9.32. The van der Waals surface area contributed by atoms with E-state index in [0.717, 1.165) is 6.20 Å². The lowest BCUT2D eigenvalue weighted by Crippen LogP contribution is -2.39. The lowest BCUT2D eigenvalue weighted by molar-refractivity contribution is -0.111. The zero-order valence-corrected chi connectivity index (χ0v) is 9.96. The number of alkyl halides is 3. The Kier molecular flexibility index (Phi) is 3.45. The van der Waals surface area contributed by atoms with E-state index in [9.17, 15) is 18.0 Å². The number of aliphatic hydroxyl groups is 1. The smallest absolute Gasteiger partial charge is 0.351 e. The molecule has 3 unspecified atom stereocenters. The Morgan fingerprint density at radius 2 is 2.30 bits per heavy atom. The molecule has 1 aliphatic heterocycles. The summed E-state index contributed by atoms with van der Waals surface area (Å²) in [5.74, 6) is -2.12. The van der Waals surface area contributed by atoms with Crippen molar-refractivity contribution < 1.29 is 23.0 Å². The van der Waals surface area contributed by atoms with Crippen LogP contribution in [-0.2, 0) is 4.74 Å². The maximum Gasteiger partial charge on any atom is 0.351 e. The fourth-order valence-corrected chi connectivity index (χ4v) is 1.84. The summed E-state index contributed by atoms with van der Waals surface area (Å²) in [6, 6.07) is 0. The summed E-state index contributed by atoms with van der Waals surface area (Å²) < 4.78 is 45.9. The molecule has 2 heterocycles. The van der Waals surface area contributed by atoms with Crippen molar-refractivity contribution in [3.05, 3.63) is 22.2 Å². The number of hydrogen-bond donors (Lipinski definition) is 2. The van der Waals surface area contributed by atoms with Crippen molar-refractivity contribution in [3.63, 3.8) is 0 Å². The number of ether oxygens (including phenoxy) is 1. The minimum Gasteiger partial charge on any atom is -0.393 e. The van der Waals surface area contributed by atoms with Crippen LogP contribution >= 0.6 is 0 Å². The summed E-state index contributed by atoms with van der Waals surface area (Å²) in [6.07, 6.45) is -0.799. The lowest BCUT2D eigenvalue weighted by Gasteiger charge is -2.17. The molecule has 0 bridgehead atoms. The number of halogens is 3. The molecule has 0 saturated carbocycles. The Labute approximate surface area is 111 Å². The molecule has 3 atom stereocenters. The van der Waals surface area contributed by atoms with Crippen molar-refractivity contribution in [2.45, 2.75) is 24.4 Å². The summed E-state index contributed by atoms with van der Waals surface area (Å²) in [7, 11) is 0. The van der Waals surface area contributed by atoms with E-state index in [1.165, 1.54) is 0 Å². The number of terminal acetylenes is 1. The van der Waals surface area contributed by atoms with Crippen molar-refractivity contribution in [1.29, 1.82) is 0 Å². The molecule has 0 aromatic carbocycles. The molecular formula is C11H10F3N3O3. The van der Waals surface area contributed by atoms with E-state index in [1.807, 2.05) is 0 Å². The molecule has 0 amide bonds. The maximum absolute atomic E-state index is 13.7. The fourth-order valence-electron chi connectivity index (χ4n) is 1.84. The Hall–Kier alpha value is -2.05. The van der Waals surface area contributed by atoms with Gasteiger partial charge in [-0.2, -0.15) is 4.98 Å². The van der Waals surface area contributed by atoms with E-state index >= 15 is 0 Å². The van der Waals surface area contributed by atoms with Gasteiger partial charge >= 0.3 is 11.6 Å². The van der Waals surface area contributed by atoms with Gasteiger partial charge in [0.25, 0.3) is 0 Å². The van der Waals surface area contributed by atoms with Crippen molar-refractivity contribution in [2.24, 2.45) is 0 Å². The number of nitrogens with two attached hydrogens (primary N) is 1. The highest BCUT2D eigenvalue weighted by molar-refractivity contribution is 5.47. The second kappa shape index (κ2) is 4.81. The minimum atomic E-state index is -3.93. The Bertz CT molecular complexity index is 626. The lowest BCUT2D eigenvalue weighted by atomic mass is 10.1. The second-order valence-electron chi connectivity index (χ2n) is 4.15. The van der Waals surface area contributed by atoms with Crippen molar-refractivity contribution in [3.8, 4) is 12.3 Å². The van der Waals surface area contributed by atoms with Crippen LogP contribution in [0.5, 0.6) is 0 Å². The summed E-state index contributed by atoms with van der Waals surface area (Å²) in [4.78, 5) is 14.9. The molecule has 2 rings (SSSR count). The standard InChI is InChI=1S/C11H10F3N3O3/c1-2-5-3-17(10(19)16-8(5)15)9-7(12)11(13,14)6(4-18)20-9/h1,3,6-7,9,18H,4H2,(H2,15,16,19).